The van der Waals surface area contributed by atoms with E-state index in [0.717, 1.165) is 29.2 Å². The highest BCUT2D eigenvalue weighted by Gasteiger charge is 2.36. The number of pyridine rings is 1. The molecular weight excluding hydrogens is 510 g/mol. The molecule has 12 heteroatoms. The number of aromatic nitrogens is 1. The first-order valence-electron chi connectivity index (χ1n) is 11.6. The van der Waals surface area contributed by atoms with E-state index in [1.54, 1.807) is 23.6 Å². The van der Waals surface area contributed by atoms with Crippen molar-refractivity contribution >= 4 is 34.4 Å². The van der Waals surface area contributed by atoms with Gasteiger partial charge in [0.2, 0.25) is 17.0 Å². The van der Waals surface area contributed by atoms with Crippen LogP contribution in [0.1, 0.15) is 18.1 Å². The highest BCUT2D eigenvalue weighted by molar-refractivity contribution is 7.08. The Morgan fingerprint density at radius 2 is 1.89 bits per heavy atom. The van der Waals surface area contributed by atoms with Crippen LogP contribution in [0.25, 0.3) is 0 Å². The molecule has 0 radical (unpaired) electrons. The van der Waals surface area contributed by atoms with Crippen LogP contribution in [0.3, 0.4) is 0 Å². The molecule has 1 atom stereocenters. The van der Waals surface area contributed by atoms with Gasteiger partial charge in [0.05, 0.1) is 32.0 Å². The van der Waals surface area contributed by atoms with E-state index in [1.165, 1.54) is 13.2 Å². The van der Waals surface area contributed by atoms with Gasteiger partial charge in [-0.05, 0) is 31.2 Å². The summed E-state index contributed by atoms with van der Waals surface area (Å²) in [6.07, 6.45) is -2.85. The average molecular weight is 536 g/mol. The minimum atomic E-state index is -4.53. The molecule has 0 N–H and O–H groups in total. The normalized spacial score (nSPS) is 18.0. The van der Waals surface area contributed by atoms with Gasteiger partial charge >= 0.3 is 6.18 Å². The first-order chi connectivity index (χ1) is 17.7. The fraction of sp³-hybridized carbons (Fsp3) is 0.360. The Bertz CT molecular complexity index is 1330. The number of hydrogen-bond acceptors (Lipinski definition) is 8. The van der Waals surface area contributed by atoms with Crippen LogP contribution >= 0.6 is 11.3 Å². The Kier molecular flexibility index (Phi) is 6.61. The third-order valence-corrected chi connectivity index (χ3v) is 7.35. The van der Waals surface area contributed by atoms with Crippen LogP contribution in [-0.4, -0.2) is 55.7 Å². The quantitative estimate of drug-likeness (QED) is 0.409. The Hall–Kier alpha value is -3.54. The molecule has 0 aliphatic carbocycles. The number of guanidine groups is 1. The fourth-order valence-electron chi connectivity index (χ4n) is 4.71. The lowest BCUT2D eigenvalue weighted by Gasteiger charge is -2.45. The van der Waals surface area contributed by atoms with Crippen LogP contribution in [0.15, 0.2) is 46.9 Å². The maximum atomic E-state index is 14.6. The number of thiophene rings is 1. The van der Waals surface area contributed by atoms with Crippen LogP contribution in [-0.2, 0) is 12.7 Å². The smallest absolute Gasteiger partial charge is 0.416 e. The van der Waals surface area contributed by atoms with Gasteiger partial charge in [-0.1, -0.05) is 0 Å². The lowest BCUT2D eigenvalue weighted by molar-refractivity contribution is -0.137. The summed E-state index contributed by atoms with van der Waals surface area (Å²) in [6, 6.07) is 7.13. The minimum Gasteiger partial charge on any atom is -0.495 e. The summed E-state index contributed by atoms with van der Waals surface area (Å²) in [7, 11) is 2.97. The molecule has 2 aliphatic heterocycles. The highest BCUT2D eigenvalue weighted by Crippen LogP contribution is 2.42. The van der Waals surface area contributed by atoms with Gasteiger partial charge < -0.3 is 24.2 Å². The van der Waals surface area contributed by atoms with Gasteiger partial charge in [0.1, 0.15) is 11.4 Å². The first kappa shape index (κ1) is 25.1. The number of hydrogen-bond donors (Lipinski definition) is 0. The van der Waals surface area contributed by atoms with Crippen molar-refractivity contribution in [1.29, 1.82) is 0 Å². The van der Waals surface area contributed by atoms with Gasteiger partial charge in [-0.2, -0.15) is 17.6 Å². The molecule has 2 aliphatic rings. The number of benzene rings is 1. The Balaban J connectivity index is 1.51. The van der Waals surface area contributed by atoms with Gasteiger partial charge in [0.25, 0.3) is 0 Å². The minimum absolute atomic E-state index is 0.0162. The maximum Gasteiger partial charge on any atom is 0.416 e. The van der Waals surface area contributed by atoms with Crippen molar-refractivity contribution in [2.45, 2.75) is 25.7 Å². The van der Waals surface area contributed by atoms with Crippen LogP contribution in [0.5, 0.6) is 11.6 Å². The number of aliphatic imine (C=N–C) groups is 1. The summed E-state index contributed by atoms with van der Waals surface area (Å²) in [5, 5.41) is 1.23. The predicted octanol–water partition coefficient (Wildman–Crippen LogP) is 5.54. The number of anilines is 2. The van der Waals surface area contributed by atoms with Crippen molar-refractivity contribution in [1.82, 2.24) is 9.88 Å². The van der Waals surface area contributed by atoms with Crippen LogP contribution in [0, 0.1) is 5.13 Å². The van der Waals surface area contributed by atoms with Crippen LogP contribution < -0.4 is 19.3 Å². The zero-order valence-electron chi connectivity index (χ0n) is 20.4. The van der Waals surface area contributed by atoms with E-state index in [2.05, 4.69) is 14.9 Å². The number of alkyl halides is 3. The second-order valence-corrected chi connectivity index (χ2v) is 9.64. The molecule has 1 aromatic carbocycles. The second kappa shape index (κ2) is 9.73. The summed E-state index contributed by atoms with van der Waals surface area (Å²) in [5.41, 5.74) is 1.22. The number of piperazine rings is 1. The second-order valence-electron chi connectivity index (χ2n) is 8.81. The molecule has 0 saturated carbocycles. The van der Waals surface area contributed by atoms with E-state index < -0.39 is 16.9 Å². The zero-order valence-corrected chi connectivity index (χ0v) is 21.2. The number of nitrogens with zero attached hydrogens (tertiary/aromatic N) is 5. The third kappa shape index (κ3) is 4.77. The number of halogens is 4. The molecular formula is C25H25F4N5O2S. The van der Waals surface area contributed by atoms with E-state index in [-0.39, 0.29) is 29.7 Å². The SMILES string of the molecule is COc1cc(N2CCN(C3=Nc4c(csc4F)CN3c3cc(C(F)(F)F)ccc3OC)C[C@H]2C)ccn1. The lowest BCUT2D eigenvalue weighted by atomic mass is 10.1. The largest absolute Gasteiger partial charge is 0.495 e. The number of fused-ring (bicyclic) bond motifs is 1. The molecule has 0 bridgehead atoms. The lowest BCUT2D eigenvalue weighted by Crippen LogP contribution is -2.57. The first-order valence-corrected chi connectivity index (χ1v) is 12.5. The molecule has 1 saturated heterocycles. The maximum absolute atomic E-state index is 14.6. The van der Waals surface area contributed by atoms with Gasteiger partial charge in [0, 0.05) is 54.6 Å². The predicted molar refractivity (Wildman–Crippen MR) is 135 cm³/mol. The molecule has 4 heterocycles. The molecule has 7 nitrogen and oxygen atoms in total. The standard InChI is InChI=1S/C25H25F4N5O2S/c1-15-12-32(8-9-33(15)18-6-7-30-21(11-18)36-3)24-31-22-16(14-37-23(22)26)13-34(24)19-10-17(25(27,28)29)4-5-20(19)35-2/h4-7,10-11,14-15H,8-9,12-13H2,1-3H3/t15-/m1/s1. The molecule has 2 aromatic heterocycles. The Morgan fingerprint density at radius 1 is 1.08 bits per heavy atom. The summed E-state index contributed by atoms with van der Waals surface area (Å²) in [5.74, 6) is 1.17. The van der Waals surface area contributed by atoms with Gasteiger partial charge in [-0.3, -0.25) is 0 Å². The van der Waals surface area contributed by atoms with E-state index in [9.17, 15) is 17.6 Å². The molecule has 3 aromatic rings. The van der Waals surface area contributed by atoms with Crippen molar-refractivity contribution < 1.29 is 27.0 Å². The molecule has 196 valence electrons. The van der Waals surface area contributed by atoms with Crippen LogP contribution in [0.4, 0.5) is 34.6 Å². The third-order valence-electron chi connectivity index (χ3n) is 6.54. The van der Waals surface area contributed by atoms with Crippen LogP contribution in [0.2, 0.25) is 0 Å². The van der Waals surface area contributed by atoms with Gasteiger partial charge in [0.15, 0.2) is 0 Å². The molecule has 0 spiro atoms. The van der Waals surface area contributed by atoms with Crippen molar-refractivity contribution in [2.24, 2.45) is 4.99 Å². The fourth-order valence-corrected chi connectivity index (χ4v) is 5.43. The highest BCUT2D eigenvalue weighted by atomic mass is 32.1. The number of ether oxygens (including phenoxy) is 2. The van der Waals surface area contributed by atoms with Crippen molar-refractivity contribution in [3.05, 3.63) is 58.2 Å². The van der Waals surface area contributed by atoms with E-state index in [1.807, 2.05) is 24.0 Å². The molecule has 0 amide bonds. The van der Waals surface area contributed by atoms with Gasteiger partial charge in [-0.25, -0.2) is 9.98 Å². The van der Waals surface area contributed by atoms with Crippen molar-refractivity contribution in [3.8, 4) is 11.6 Å². The van der Waals surface area contributed by atoms with E-state index >= 15 is 0 Å². The van der Waals surface area contributed by atoms with E-state index in [4.69, 9.17) is 9.47 Å². The average Bonchev–Trinajstić information content (AvgIpc) is 3.26. The topological polar surface area (TPSA) is 53.4 Å². The monoisotopic (exact) mass is 535 g/mol. The summed E-state index contributed by atoms with van der Waals surface area (Å²) >= 11 is 0.929. The summed E-state index contributed by atoms with van der Waals surface area (Å²) < 4.78 is 66.1. The zero-order chi connectivity index (χ0) is 26.3. The summed E-state index contributed by atoms with van der Waals surface area (Å²) in [4.78, 5) is 14.7. The molecule has 0 unspecified atom stereocenters. The van der Waals surface area contributed by atoms with E-state index in [0.29, 0.717) is 37.0 Å². The van der Waals surface area contributed by atoms with Crippen molar-refractivity contribution in [3.63, 3.8) is 0 Å². The molecule has 37 heavy (non-hydrogen) atoms. The molecule has 1 fully saturated rings. The van der Waals surface area contributed by atoms with Gasteiger partial charge in [-0.15, -0.1) is 11.3 Å². The summed E-state index contributed by atoms with van der Waals surface area (Å²) in [6.45, 7) is 3.87. The Labute approximate surface area is 215 Å². The number of rotatable bonds is 4. The molecule has 5 rings (SSSR count). The number of methoxy groups -OCH3 is 2. The Morgan fingerprint density at radius 3 is 2.59 bits per heavy atom. The van der Waals surface area contributed by atoms with Crippen molar-refractivity contribution in [2.75, 3.05) is 43.7 Å².